The van der Waals surface area contributed by atoms with Gasteiger partial charge in [0, 0.05) is 24.4 Å². The summed E-state index contributed by atoms with van der Waals surface area (Å²) in [4.78, 5) is 15.7. The van der Waals surface area contributed by atoms with Gasteiger partial charge in [-0.3, -0.25) is 14.2 Å². The minimum absolute atomic E-state index is 0.0260. The first-order chi connectivity index (χ1) is 17.8. The molecule has 0 bridgehead atoms. The van der Waals surface area contributed by atoms with Gasteiger partial charge in [-0.1, -0.05) is 18.1 Å². The van der Waals surface area contributed by atoms with Crippen molar-refractivity contribution in [2.75, 3.05) is 18.9 Å². The van der Waals surface area contributed by atoms with Gasteiger partial charge in [-0.05, 0) is 30.0 Å². The van der Waals surface area contributed by atoms with E-state index in [0.29, 0.717) is 17.9 Å². The summed E-state index contributed by atoms with van der Waals surface area (Å²) in [6.45, 7) is 2.40. The molecule has 0 aliphatic carbocycles. The van der Waals surface area contributed by atoms with Gasteiger partial charge in [0.2, 0.25) is 0 Å². The van der Waals surface area contributed by atoms with Crippen molar-refractivity contribution in [3.63, 3.8) is 0 Å². The third-order valence-corrected chi connectivity index (χ3v) is 6.80. The number of methoxy groups -OCH3 is 2. The molecular formula is C24H24N6O6S. The number of carbonyl (C=O) groups excluding carboxylic acids is 1. The fourth-order valence-corrected chi connectivity index (χ4v) is 4.82. The lowest BCUT2D eigenvalue weighted by Crippen LogP contribution is -2.20. The van der Waals surface area contributed by atoms with Crippen LogP contribution in [0.5, 0.6) is 11.5 Å². The highest BCUT2D eigenvalue weighted by molar-refractivity contribution is 7.92. The van der Waals surface area contributed by atoms with Gasteiger partial charge >= 0.3 is 0 Å². The summed E-state index contributed by atoms with van der Waals surface area (Å²) < 4.78 is 46.6. The summed E-state index contributed by atoms with van der Waals surface area (Å²) in [6, 6.07) is 6.59. The first-order valence-electron chi connectivity index (χ1n) is 11.1. The summed E-state index contributed by atoms with van der Waals surface area (Å²) in [6.07, 6.45) is 9.02. The van der Waals surface area contributed by atoms with Gasteiger partial charge in [-0.2, -0.15) is 5.10 Å². The molecule has 3 aromatic heterocycles. The third kappa shape index (κ3) is 5.49. The molecule has 0 aliphatic heterocycles. The van der Waals surface area contributed by atoms with E-state index in [1.165, 1.54) is 14.2 Å². The van der Waals surface area contributed by atoms with Crippen LogP contribution in [-0.2, 0) is 34.3 Å². The summed E-state index contributed by atoms with van der Waals surface area (Å²) in [5, 5.41) is 11.0. The molecule has 0 aliphatic rings. The maximum atomic E-state index is 13.2. The van der Waals surface area contributed by atoms with Crippen LogP contribution < -0.4 is 19.5 Å². The van der Waals surface area contributed by atoms with E-state index in [2.05, 4.69) is 25.3 Å². The number of carbonyl (C=O) groups is 1. The molecule has 0 spiro atoms. The van der Waals surface area contributed by atoms with Crippen molar-refractivity contribution in [2.24, 2.45) is 0 Å². The fraction of sp³-hybridized carbons (Fsp3) is 0.250. The lowest BCUT2D eigenvalue weighted by molar-refractivity contribution is -0.115. The number of pyridine rings is 1. The smallest absolute Gasteiger partial charge is 0.295 e. The van der Waals surface area contributed by atoms with Crippen LogP contribution in [0.1, 0.15) is 23.7 Å². The monoisotopic (exact) mass is 524 g/mol. The highest BCUT2D eigenvalue weighted by Gasteiger charge is 2.25. The number of nitrogens with one attached hydrogen (secondary N) is 2. The van der Waals surface area contributed by atoms with E-state index in [-0.39, 0.29) is 40.7 Å². The summed E-state index contributed by atoms with van der Waals surface area (Å²) in [7, 11) is -1.24. The number of aromatic nitrogens is 4. The number of amides is 1. The minimum Gasteiger partial charge on any atom is -0.496 e. The Labute approximate surface area is 213 Å². The number of fused-ring (bicyclic) bond motifs is 1. The minimum atomic E-state index is -4.08. The first kappa shape index (κ1) is 25.5. The Morgan fingerprint density at radius 1 is 1.19 bits per heavy atom. The number of anilines is 1. The summed E-state index contributed by atoms with van der Waals surface area (Å²) in [5.74, 6) is 1.90. The van der Waals surface area contributed by atoms with Crippen LogP contribution in [0.2, 0.25) is 0 Å². The number of nitrogens with zero attached hydrogens (tertiary/aromatic N) is 4. The molecule has 0 saturated carbocycles. The highest BCUT2D eigenvalue weighted by Crippen LogP contribution is 2.34. The lowest BCUT2D eigenvalue weighted by atomic mass is 10.2. The van der Waals surface area contributed by atoms with Crippen LogP contribution in [0.15, 0.2) is 46.1 Å². The molecule has 192 valence electrons. The van der Waals surface area contributed by atoms with Gasteiger partial charge < -0.3 is 19.3 Å². The molecular weight excluding hydrogens is 500 g/mol. The number of terminal acetylenes is 1. The number of ether oxygens (including phenoxy) is 2. The van der Waals surface area contributed by atoms with Crippen molar-refractivity contribution in [1.29, 1.82) is 0 Å². The topological polar surface area (TPSA) is 150 Å². The Balaban J connectivity index is 1.61. The van der Waals surface area contributed by atoms with E-state index in [1.54, 1.807) is 41.3 Å². The molecule has 1 aromatic carbocycles. The van der Waals surface area contributed by atoms with Gasteiger partial charge in [-0.25, -0.2) is 13.4 Å². The fourth-order valence-electron chi connectivity index (χ4n) is 3.59. The molecule has 0 radical (unpaired) electrons. The van der Waals surface area contributed by atoms with Crippen LogP contribution in [0.25, 0.3) is 11.1 Å². The second kappa shape index (κ2) is 10.6. The third-order valence-electron chi connectivity index (χ3n) is 5.43. The van der Waals surface area contributed by atoms with E-state index in [4.69, 9.17) is 20.4 Å². The Morgan fingerprint density at radius 3 is 2.68 bits per heavy atom. The Kier molecular flexibility index (Phi) is 7.30. The molecule has 0 atom stereocenters. The largest absolute Gasteiger partial charge is 0.496 e. The Hall–Kier alpha value is -4.57. The van der Waals surface area contributed by atoms with Crippen molar-refractivity contribution in [2.45, 2.75) is 31.3 Å². The molecule has 2 N–H and O–H groups in total. The molecule has 13 heteroatoms. The molecule has 37 heavy (non-hydrogen) atoms. The van der Waals surface area contributed by atoms with Crippen molar-refractivity contribution in [3.05, 3.63) is 53.5 Å². The van der Waals surface area contributed by atoms with Gasteiger partial charge in [0.15, 0.2) is 5.82 Å². The number of sulfonamides is 1. The van der Waals surface area contributed by atoms with Crippen LogP contribution >= 0.6 is 0 Å². The number of benzene rings is 1. The number of hydrogen-bond acceptors (Lipinski definition) is 9. The SMILES string of the molecule is C#CC(=O)NCc1cnn(Cc2cc(OC)c3c(NS(=O)(=O)c4cc(CC)ccc4OC)noc3n2)c1. The van der Waals surface area contributed by atoms with E-state index in [0.717, 1.165) is 11.1 Å². The maximum Gasteiger partial charge on any atom is 0.295 e. The molecule has 0 saturated heterocycles. The first-order valence-corrected chi connectivity index (χ1v) is 12.5. The predicted molar refractivity (Wildman–Crippen MR) is 134 cm³/mol. The van der Waals surface area contributed by atoms with Crippen molar-refractivity contribution in [3.8, 4) is 23.8 Å². The lowest BCUT2D eigenvalue weighted by Gasteiger charge is -2.12. The van der Waals surface area contributed by atoms with Gasteiger partial charge in [-0.15, -0.1) is 6.42 Å². The molecule has 0 unspecified atom stereocenters. The van der Waals surface area contributed by atoms with Crippen molar-refractivity contribution < 1.29 is 27.2 Å². The predicted octanol–water partition coefficient (Wildman–Crippen LogP) is 2.10. The number of aryl methyl sites for hydroxylation is 1. The average molecular weight is 525 g/mol. The highest BCUT2D eigenvalue weighted by atomic mass is 32.2. The quantitative estimate of drug-likeness (QED) is 0.297. The van der Waals surface area contributed by atoms with Crippen LogP contribution in [0, 0.1) is 12.3 Å². The Bertz CT molecular complexity index is 1600. The number of rotatable bonds is 10. The molecule has 0 fully saturated rings. The second-order valence-electron chi connectivity index (χ2n) is 7.84. The number of hydrogen-bond donors (Lipinski definition) is 2. The zero-order valence-electron chi connectivity index (χ0n) is 20.3. The second-order valence-corrected chi connectivity index (χ2v) is 9.50. The zero-order valence-corrected chi connectivity index (χ0v) is 21.1. The van der Waals surface area contributed by atoms with Gasteiger partial charge in [0.1, 0.15) is 21.8 Å². The van der Waals surface area contributed by atoms with Gasteiger partial charge in [0.05, 0.1) is 32.7 Å². The standard InChI is InChI=1S/C24H24N6O6S/c1-5-15-7-8-18(34-3)20(9-15)37(32,33)29-23-22-19(35-4)10-17(27-24(22)36-28-23)14-30-13-16(12-26-30)11-25-21(31)6-2/h2,7-10,12-13H,5,11,14H2,1,3-4H3,(H,25,31)(H,28,29). The van der Waals surface area contributed by atoms with E-state index in [1.807, 2.05) is 12.8 Å². The summed E-state index contributed by atoms with van der Waals surface area (Å²) >= 11 is 0. The van der Waals surface area contributed by atoms with E-state index < -0.39 is 15.9 Å². The summed E-state index contributed by atoms with van der Waals surface area (Å²) in [5.41, 5.74) is 2.18. The van der Waals surface area contributed by atoms with Crippen LogP contribution in [-0.4, -0.2) is 48.5 Å². The zero-order chi connectivity index (χ0) is 26.6. The molecule has 4 aromatic rings. The molecule has 12 nitrogen and oxygen atoms in total. The molecule has 3 heterocycles. The maximum absolute atomic E-state index is 13.2. The van der Waals surface area contributed by atoms with Crippen molar-refractivity contribution in [1.82, 2.24) is 25.2 Å². The van der Waals surface area contributed by atoms with Crippen LogP contribution in [0.4, 0.5) is 5.82 Å². The normalized spacial score (nSPS) is 11.2. The molecule has 4 rings (SSSR count). The van der Waals surface area contributed by atoms with Gasteiger partial charge in [0.25, 0.3) is 21.6 Å². The Morgan fingerprint density at radius 2 is 1.97 bits per heavy atom. The van der Waals surface area contributed by atoms with E-state index >= 15 is 0 Å². The van der Waals surface area contributed by atoms with E-state index in [9.17, 15) is 13.2 Å². The average Bonchev–Trinajstić information content (AvgIpc) is 3.52. The van der Waals surface area contributed by atoms with Crippen LogP contribution in [0.3, 0.4) is 0 Å². The molecule has 1 amide bonds. The van der Waals surface area contributed by atoms with Crippen molar-refractivity contribution >= 4 is 32.8 Å².